The first-order valence-electron chi connectivity index (χ1n) is 6.51. The van der Waals surface area contributed by atoms with Crippen LogP contribution >= 0.6 is 0 Å². The van der Waals surface area contributed by atoms with Gasteiger partial charge in [-0.15, -0.1) is 6.58 Å². The lowest BCUT2D eigenvalue weighted by molar-refractivity contribution is -0.384. The highest BCUT2D eigenvalue weighted by Gasteiger charge is 2.17. The predicted molar refractivity (Wildman–Crippen MR) is 76.0 cm³/mol. The van der Waals surface area contributed by atoms with Crippen LogP contribution in [-0.4, -0.2) is 37.8 Å². The van der Waals surface area contributed by atoms with Crippen molar-refractivity contribution in [1.82, 2.24) is 0 Å². The average molecular weight is 278 g/mol. The Kier molecular flexibility index (Phi) is 5.09. The molecule has 1 fully saturated rings. The molecule has 0 aromatic heterocycles. The van der Waals surface area contributed by atoms with Gasteiger partial charge in [0.2, 0.25) is 0 Å². The van der Waals surface area contributed by atoms with Crippen molar-refractivity contribution in [2.45, 2.75) is 6.61 Å². The highest BCUT2D eigenvalue weighted by atomic mass is 16.6. The number of hydrogen-bond acceptors (Lipinski definition) is 5. The van der Waals surface area contributed by atoms with E-state index in [2.05, 4.69) is 11.5 Å². The Bertz CT molecular complexity index is 484. The smallest absolute Gasteiger partial charge is 0.269 e. The van der Waals surface area contributed by atoms with Crippen molar-refractivity contribution in [2.75, 3.05) is 37.8 Å². The first kappa shape index (κ1) is 14.5. The third kappa shape index (κ3) is 3.55. The van der Waals surface area contributed by atoms with Gasteiger partial charge >= 0.3 is 0 Å². The van der Waals surface area contributed by atoms with E-state index in [0.29, 0.717) is 26.4 Å². The minimum Gasteiger partial charge on any atom is -0.378 e. The summed E-state index contributed by atoms with van der Waals surface area (Å²) in [6, 6.07) is 4.89. The van der Waals surface area contributed by atoms with Gasteiger partial charge in [-0.25, -0.2) is 0 Å². The molecular weight excluding hydrogens is 260 g/mol. The maximum atomic E-state index is 10.9. The number of non-ortho nitro benzene ring substituents is 1. The summed E-state index contributed by atoms with van der Waals surface area (Å²) in [4.78, 5) is 12.7. The lowest BCUT2D eigenvalue weighted by atomic mass is 10.1. The van der Waals surface area contributed by atoms with Crippen molar-refractivity contribution in [3.8, 4) is 0 Å². The fourth-order valence-electron chi connectivity index (χ4n) is 2.17. The summed E-state index contributed by atoms with van der Waals surface area (Å²) in [5.41, 5.74) is 1.88. The number of rotatable bonds is 6. The third-order valence-corrected chi connectivity index (χ3v) is 3.12. The van der Waals surface area contributed by atoms with Gasteiger partial charge in [0, 0.05) is 36.5 Å². The monoisotopic (exact) mass is 278 g/mol. The number of nitro benzene ring substituents is 1. The van der Waals surface area contributed by atoms with Gasteiger partial charge < -0.3 is 14.4 Å². The molecule has 1 aliphatic rings. The SMILES string of the molecule is C=CCOCc1cc([N+](=O)[O-])ccc1N1CCOCC1. The summed E-state index contributed by atoms with van der Waals surface area (Å²) in [5, 5.41) is 10.9. The van der Waals surface area contributed by atoms with E-state index in [1.807, 2.05) is 0 Å². The molecular formula is C14H18N2O4. The minimum absolute atomic E-state index is 0.0826. The molecule has 0 unspecified atom stereocenters. The summed E-state index contributed by atoms with van der Waals surface area (Å²) in [6.45, 7) is 7.25. The van der Waals surface area contributed by atoms with Gasteiger partial charge in [-0.2, -0.15) is 0 Å². The first-order valence-corrected chi connectivity index (χ1v) is 6.51. The molecule has 1 aromatic rings. The average Bonchev–Trinajstić information content (AvgIpc) is 2.48. The zero-order valence-electron chi connectivity index (χ0n) is 11.3. The van der Waals surface area contributed by atoms with Crippen molar-refractivity contribution >= 4 is 11.4 Å². The molecule has 0 N–H and O–H groups in total. The lowest BCUT2D eigenvalue weighted by Crippen LogP contribution is -2.36. The van der Waals surface area contributed by atoms with Crippen molar-refractivity contribution < 1.29 is 14.4 Å². The Morgan fingerprint density at radius 3 is 2.85 bits per heavy atom. The van der Waals surface area contributed by atoms with Gasteiger partial charge in [0.05, 0.1) is 31.4 Å². The van der Waals surface area contributed by atoms with Gasteiger partial charge in [-0.1, -0.05) is 6.08 Å². The second kappa shape index (κ2) is 7.02. The van der Waals surface area contributed by atoms with Crippen LogP contribution in [0, 0.1) is 10.1 Å². The van der Waals surface area contributed by atoms with Crippen molar-refractivity contribution in [3.63, 3.8) is 0 Å². The fourth-order valence-corrected chi connectivity index (χ4v) is 2.17. The maximum absolute atomic E-state index is 10.9. The highest BCUT2D eigenvalue weighted by Crippen LogP contribution is 2.27. The molecule has 0 radical (unpaired) electrons. The minimum atomic E-state index is -0.389. The summed E-state index contributed by atoms with van der Waals surface area (Å²) in [6.07, 6.45) is 1.66. The summed E-state index contributed by atoms with van der Waals surface area (Å²) >= 11 is 0. The molecule has 108 valence electrons. The normalized spacial score (nSPS) is 15.1. The zero-order chi connectivity index (χ0) is 14.4. The predicted octanol–water partition coefficient (Wildman–Crippen LogP) is 2.13. The Morgan fingerprint density at radius 2 is 2.20 bits per heavy atom. The van der Waals surface area contributed by atoms with E-state index in [9.17, 15) is 10.1 Å². The van der Waals surface area contributed by atoms with Gasteiger partial charge in [-0.05, 0) is 6.07 Å². The lowest BCUT2D eigenvalue weighted by Gasteiger charge is -2.30. The number of anilines is 1. The van der Waals surface area contributed by atoms with Crippen molar-refractivity contribution in [1.29, 1.82) is 0 Å². The molecule has 1 aliphatic heterocycles. The molecule has 6 heteroatoms. The number of nitro groups is 1. The van der Waals surface area contributed by atoms with E-state index in [1.54, 1.807) is 18.2 Å². The molecule has 0 aliphatic carbocycles. The molecule has 6 nitrogen and oxygen atoms in total. The summed E-state index contributed by atoms with van der Waals surface area (Å²) < 4.78 is 10.8. The molecule has 0 amide bonds. The molecule has 0 saturated carbocycles. The highest BCUT2D eigenvalue weighted by molar-refractivity contribution is 5.58. The molecule has 2 rings (SSSR count). The quantitative estimate of drug-likeness (QED) is 0.345. The van der Waals surface area contributed by atoms with Gasteiger partial charge in [-0.3, -0.25) is 10.1 Å². The Hall–Kier alpha value is -1.92. The number of benzene rings is 1. The number of morpholine rings is 1. The second-order valence-electron chi connectivity index (χ2n) is 4.47. The van der Waals surface area contributed by atoms with Crippen molar-refractivity contribution in [3.05, 3.63) is 46.5 Å². The van der Waals surface area contributed by atoms with Crippen LogP contribution in [0.4, 0.5) is 11.4 Å². The number of ether oxygens (including phenoxy) is 2. The van der Waals surface area contributed by atoms with Crippen LogP contribution in [0.25, 0.3) is 0 Å². The van der Waals surface area contributed by atoms with E-state index in [4.69, 9.17) is 9.47 Å². The Labute approximate surface area is 117 Å². The fraction of sp³-hybridized carbons (Fsp3) is 0.429. The molecule has 0 spiro atoms. The molecule has 0 bridgehead atoms. The van der Waals surface area contributed by atoms with E-state index >= 15 is 0 Å². The van der Waals surface area contributed by atoms with E-state index < -0.39 is 0 Å². The van der Waals surface area contributed by atoms with Crippen LogP contribution in [0.5, 0.6) is 0 Å². The number of nitrogens with zero attached hydrogens (tertiary/aromatic N) is 2. The molecule has 1 aromatic carbocycles. The largest absolute Gasteiger partial charge is 0.378 e. The standard InChI is InChI=1S/C14H18N2O4/c1-2-7-20-11-12-10-13(16(17)18)3-4-14(12)15-5-8-19-9-6-15/h2-4,10H,1,5-9,11H2. The topological polar surface area (TPSA) is 64.8 Å². The zero-order valence-corrected chi connectivity index (χ0v) is 11.3. The van der Waals surface area contributed by atoms with Crippen LogP contribution in [0.3, 0.4) is 0 Å². The van der Waals surface area contributed by atoms with Gasteiger partial charge in [0.15, 0.2) is 0 Å². The third-order valence-electron chi connectivity index (χ3n) is 3.12. The summed E-state index contributed by atoms with van der Waals surface area (Å²) in [7, 11) is 0. The molecule has 0 atom stereocenters. The molecule has 20 heavy (non-hydrogen) atoms. The first-order chi connectivity index (χ1) is 9.72. The maximum Gasteiger partial charge on any atom is 0.269 e. The van der Waals surface area contributed by atoms with Gasteiger partial charge in [0.25, 0.3) is 5.69 Å². The summed E-state index contributed by atoms with van der Waals surface area (Å²) in [5.74, 6) is 0. The molecule has 1 heterocycles. The Morgan fingerprint density at radius 1 is 1.45 bits per heavy atom. The Balaban J connectivity index is 2.23. The van der Waals surface area contributed by atoms with Crippen LogP contribution < -0.4 is 4.90 Å². The molecule has 1 saturated heterocycles. The van der Waals surface area contributed by atoms with Crippen molar-refractivity contribution in [2.24, 2.45) is 0 Å². The van der Waals surface area contributed by atoms with E-state index in [-0.39, 0.29) is 10.6 Å². The van der Waals surface area contributed by atoms with Crippen LogP contribution in [0.2, 0.25) is 0 Å². The van der Waals surface area contributed by atoms with Gasteiger partial charge in [0.1, 0.15) is 0 Å². The second-order valence-corrected chi connectivity index (χ2v) is 4.47. The van der Waals surface area contributed by atoms with E-state index in [0.717, 1.165) is 24.3 Å². The van der Waals surface area contributed by atoms with Crippen LogP contribution in [-0.2, 0) is 16.1 Å². The van der Waals surface area contributed by atoms with Crippen LogP contribution in [0.1, 0.15) is 5.56 Å². The van der Waals surface area contributed by atoms with Crippen LogP contribution in [0.15, 0.2) is 30.9 Å². The van der Waals surface area contributed by atoms with E-state index in [1.165, 1.54) is 6.07 Å². The number of hydrogen-bond donors (Lipinski definition) is 0.